The summed E-state index contributed by atoms with van der Waals surface area (Å²) in [5, 5.41) is 9.67. The van der Waals surface area contributed by atoms with Crippen molar-refractivity contribution >= 4 is 0 Å². The molecular formula is C25H34N2O2. The van der Waals surface area contributed by atoms with Crippen LogP contribution in [0.3, 0.4) is 0 Å². The minimum atomic E-state index is -0.240. The molecule has 1 aromatic heterocycles. The molecule has 1 unspecified atom stereocenters. The summed E-state index contributed by atoms with van der Waals surface area (Å²) in [5.41, 5.74) is 3.63. The average molecular weight is 395 g/mol. The van der Waals surface area contributed by atoms with Crippen LogP contribution in [-0.4, -0.2) is 15.2 Å². The number of hydrogen-bond acceptors (Lipinski definition) is 4. The molecule has 1 heterocycles. The first-order valence-electron chi connectivity index (χ1n) is 11.3. The number of aryl methyl sites for hydroxylation is 1. The van der Waals surface area contributed by atoms with Gasteiger partial charge in [-0.1, -0.05) is 44.0 Å². The number of nitrogens with zero attached hydrogens (tertiary/aromatic N) is 2. The van der Waals surface area contributed by atoms with Gasteiger partial charge in [0.2, 0.25) is 0 Å². The first-order chi connectivity index (χ1) is 14.1. The van der Waals surface area contributed by atoms with Crippen molar-refractivity contribution in [1.29, 1.82) is 0 Å². The van der Waals surface area contributed by atoms with Crippen molar-refractivity contribution in [2.24, 2.45) is 11.8 Å². The Hall–Kier alpha value is -1.78. The van der Waals surface area contributed by atoms with Gasteiger partial charge in [-0.15, -0.1) is 0 Å². The van der Waals surface area contributed by atoms with E-state index in [0.29, 0.717) is 17.8 Å². The summed E-state index contributed by atoms with van der Waals surface area (Å²) in [4.78, 5) is 14.0. The summed E-state index contributed by atoms with van der Waals surface area (Å²) in [6, 6.07) is 8.86. The Morgan fingerprint density at radius 2 is 1.45 bits per heavy atom. The van der Waals surface area contributed by atoms with E-state index in [2.05, 4.69) is 41.2 Å². The Balaban J connectivity index is 1.37. The first kappa shape index (κ1) is 20.5. The normalized spacial score (nSPS) is 28.8. The van der Waals surface area contributed by atoms with Crippen molar-refractivity contribution in [3.63, 3.8) is 0 Å². The second-order valence-corrected chi connectivity index (χ2v) is 9.38. The van der Waals surface area contributed by atoms with Gasteiger partial charge in [-0.3, -0.25) is 5.26 Å². The van der Waals surface area contributed by atoms with E-state index < -0.39 is 0 Å². The van der Waals surface area contributed by atoms with Crippen LogP contribution in [0.4, 0.5) is 0 Å². The van der Waals surface area contributed by atoms with Crippen LogP contribution in [-0.2, 0) is 4.89 Å². The Morgan fingerprint density at radius 3 is 2.03 bits per heavy atom. The Kier molecular flexibility index (Phi) is 6.61. The van der Waals surface area contributed by atoms with Crippen LogP contribution < -0.4 is 0 Å². The SMILES string of the molecule is Cc1cnc(C2CCC(C(OO)c3ccc(C4CCC(C)CC4)cc3)CC2)nc1. The molecule has 0 amide bonds. The smallest absolute Gasteiger partial charge is 0.131 e. The third-order valence-corrected chi connectivity index (χ3v) is 7.23. The summed E-state index contributed by atoms with van der Waals surface area (Å²) < 4.78 is 0. The van der Waals surface area contributed by atoms with Gasteiger partial charge in [0.25, 0.3) is 0 Å². The van der Waals surface area contributed by atoms with Gasteiger partial charge in [-0.2, -0.15) is 0 Å². The molecule has 2 saturated carbocycles. The highest BCUT2D eigenvalue weighted by Gasteiger charge is 2.31. The lowest BCUT2D eigenvalue weighted by molar-refractivity contribution is -0.296. The van der Waals surface area contributed by atoms with Crippen LogP contribution in [0.25, 0.3) is 0 Å². The van der Waals surface area contributed by atoms with Gasteiger partial charge >= 0.3 is 0 Å². The van der Waals surface area contributed by atoms with Gasteiger partial charge in [0.05, 0.1) is 0 Å². The lowest BCUT2D eigenvalue weighted by Crippen LogP contribution is -2.22. The number of hydrogen-bond donors (Lipinski definition) is 1. The maximum absolute atomic E-state index is 9.67. The van der Waals surface area contributed by atoms with E-state index in [0.717, 1.165) is 48.6 Å². The van der Waals surface area contributed by atoms with Gasteiger partial charge in [-0.05, 0) is 79.9 Å². The zero-order valence-electron chi connectivity index (χ0n) is 17.8. The van der Waals surface area contributed by atoms with E-state index in [1.165, 1.54) is 31.2 Å². The predicted molar refractivity (Wildman–Crippen MR) is 115 cm³/mol. The minimum Gasteiger partial charge on any atom is -0.251 e. The van der Waals surface area contributed by atoms with Gasteiger partial charge in [0.1, 0.15) is 11.9 Å². The van der Waals surface area contributed by atoms with Gasteiger partial charge < -0.3 is 0 Å². The lowest BCUT2D eigenvalue weighted by Gasteiger charge is -2.32. The topological polar surface area (TPSA) is 55.2 Å². The molecule has 1 N–H and O–H groups in total. The number of rotatable bonds is 5. The molecule has 0 saturated heterocycles. The maximum atomic E-state index is 9.67. The number of benzene rings is 1. The Bertz CT molecular complexity index is 758. The van der Waals surface area contributed by atoms with E-state index in [9.17, 15) is 5.26 Å². The molecule has 0 bridgehead atoms. The molecule has 0 aliphatic heterocycles. The van der Waals surface area contributed by atoms with Crippen molar-refractivity contribution in [2.45, 2.75) is 83.2 Å². The van der Waals surface area contributed by atoms with Crippen LogP contribution in [0.1, 0.15) is 98.7 Å². The third-order valence-electron chi connectivity index (χ3n) is 7.23. The quantitative estimate of drug-likeness (QED) is 0.459. The predicted octanol–water partition coefficient (Wildman–Crippen LogP) is 6.58. The van der Waals surface area contributed by atoms with E-state index in [-0.39, 0.29) is 6.10 Å². The van der Waals surface area contributed by atoms with E-state index in [1.807, 2.05) is 19.3 Å². The standard InChI is InChI=1S/C25H34N2O2/c1-17-3-5-19(6-4-17)20-7-9-21(10-8-20)24(29-28)22-11-13-23(14-12-22)25-26-15-18(2)16-27-25/h7-10,15-17,19,22-24,28H,3-6,11-14H2,1-2H3. The summed E-state index contributed by atoms with van der Waals surface area (Å²) in [7, 11) is 0. The molecule has 4 nitrogen and oxygen atoms in total. The van der Waals surface area contributed by atoms with Crippen molar-refractivity contribution in [3.05, 3.63) is 59.2 Å². The molecule has 4 heteroatoms. The van der Waals surface area contributed by atoms with Crippen molar-refractivity contribution in [3.8, 4) is 0 Å². The van der Waals surface area contributed by atoms with Crippen molar-refractivity contribution < 1.29 is 10.1 Å². The van der Waals surface area contributed by atoms with Crippen molar-refractivity contribution in [2.75, 3.05) is 0 Å². The molecule has 2 aliphatic rings. The summed E-state index contributed by atoms with van der Waals surface area (Å²) in [5.74, 6) is 3.28. The summed E-state index contributed by atoms with van der Waals surface area (Å²) in [6.45, 7) is 4.38. The minimum absolute atomic E-state index is 0.240. The molecule has 0 spiro atoms. The van der Waals surface area contributed by atoms with Gasteiger partial charge in [0, 0.05) is 18.3 Å². The van der Waals surface area contributed by atoms with Crippen LogP contribution in [0.2, 0.25) is 0 Å². The molecule has 29 heavy (non-hydrogen) atoms. The first-order valence-corrected chi connectivity index (χ1v) is 11.3. The lowest BCUT2D eigenvalue weighted by atomic mass is 9.76. The van der Waals surface area contributed by atoms with E-state index >= 15 is 0 Å². The molecule has 2 aliphatic carbocycles. The third kappa shape index (κ3) is 4.87. The maximum Gasteiger partial charge on any atom is 0.131 e. The molecule has 2 aromatic rings. The second kappa shape index (κ2) is 9.36. The molecule has 156 valence electrons. The van der Waals surface area contributed by atoms with Crippen LogP contribution >= 0.6 is 0 Å². The zero-order chi connectivity index (χ0) is 20.2. The molecular weight excluding hydrogens is 360 g/mol. The molecule has 2 fully saturated rings. The Labute approximate surface area is 174 Å². The molecule has 1 atom stereocenters. The van der Waals surface area contributed by atoms with Gasteiger partial charge in [-0.25, -0.2) is 14.9 Å². The fourth-order valence-corrected chi connectivity index (χ4v) is 5.26. The molecule has 4 rings (SSSR count). The largest absolute Gasteiger partial charge is 0.251 e. The molecule has 1 aromatic carbocycles. The monoisotopic (exact) mass is 394 g/mol. The Morgan fingerprint density at radius 1 is 0.862 bits per heavy atom. The van der Waals surface area contributed by atoms with Crippen LogP contribution in [0.5, 0.6) is 0 Å². The zero-order valence-corrected chi connectivity index (χ0v) is 17.8. The van der Waals surface area contributed by atoms with Crippen LogP contribution in [0.15, 0.2) is 36.7 Å². The van der Waals surface area contributed by atoms with E-state index in [1.54, 1.807) is 0 Å². The van der Waals surface area contributed by atoms with E-state index in [4.69, 9.17) is 4.89 Å². The summed E-state index contributed by atoms with van der Waals surface area (Å²) >= 11 is 0. The highest BCUT2D eigenvalue weighted by Crippen LogP contribution is 2.42. The average Bonchev–Trinajstić information content (AvgIpc) is 2.76. The fraction of sp³-hybridized carbons (Fsp3) is 0.600. The highest BCUT2D eigenvalue weighted by atomic mass is 17.1. The molecule has 0 radical (unpaired) electrons. The van der Waals surface area contributed by atoms with Crippen LogP contribution in [0, 0.1) is 18.8 Å². The van der Waals surface area contributed by atoms with Gasteiger partial charge in [0.15, 0.2) is 0 Å². The number of aromatic nitrogens is 2. The van der Waals surface area contributed by atoms with Crippen molar-refractivity contribution in [1.82, 2.24) is 9.97 Å². The second-order valence-electron chi connectivity index (χ2n) is 9.38. The summed E-state index contributed by atoms with van der Waals surface area (Å²) in [6.07, 6.45) is 13.0. The highest BCUT2D eigenvalue weighted by molar-refractivity contribution is 5.27. The fourth-order valence-electron chi connectivity index (χ4n) is 5.26.